The molecular weight excluding hydrogens is 342 g/mol. The minimum absolute atomic E-state index is 0.0945. The van der Waals surface area contributed by atoms with Crippen LogP contribution in [0.25, 0.3) is 5.69 Å². The molecule has 0 aliphatic heterocycles. The van der Waals surface area contributed by atoms with Crippen LogP contribution in [-0.2, 0) is 17.8 Å². The van der Waals surface area contributed by atoms with Crippen LogP contribution in [0, 0.1) is 13.8 Å². The first kappa shape index (κ1) is 18.1. The molecule has 2 heterocycles. The van der Waals surface area contributed by atoms with Crippen molar-refractivity contribution in [3.63, 3.8) is 0 Å². The van der Waals surface area contributed by atoms with Gasteiger partial charge in [-0.1, -0.05) is 30.3 Å². The van der Waals surface area contributed by atoms with Crippen LogP contribution in [0.15, 0.2) is 60.5 Å². The number of aryl methyl sites for hydroxylation is 1. The van der Waals surface area contributed by atoms with E-state index < -0.39 is 0 Å². The third-order valence-corrected chi connectivity index (χ3v) is 5.26. The maximum atomic E-state index is 12.9. The summed E-state index contributed by atoms with van der Waals surface area (Å²) in [6.07, 6.45) is 2.13. The molecule has 3 rings (SSSR count). The fourth-order valence-corrected chi connectivity index (χ4v) is 3.73. The Bertz CT molecular complexity index is 882. The zero-order valence-corrected chi connectivity index (χ0v) is 16.0. The van der Waals surface area contributed by atoms with Gasteiger partial charge in [0.25, 0.3) is 0 Å². The largest absolute Gasteiger partial charge is 0.334 e. The van der Waals surface area contributed by atoms with E-state index in [1.807, 2.05) is 65.2 Å². The number of rotatable bonds is 7. The van der Waals surface area contributed by atoms with Gasteiger partial charge in [-0.15, -0.1) is 17.9 Å². The van der Waals surface area contributed by atoms with Crippen molar-refractivity contribution in [2.45, 2.75) is 26.8 Å². The summed E-state index contributed by atoms with van der Waals surface area (Å²) in [4.78, 5) is 15.9. The molecular formula is C21H23N3OS. The Balaban J connectivity index is 1.82. The first-order valence-electron chi connectivity index (χ1n) is 8.61. The van der Waals surface area contributed by atoms with Crippen molar-refractivity contribution in [2.24, 2.45) is 0 Å². The lowest BCUT2D eigenvalue weighted by Crippen LogP contribution is -2.32. The maximum absolute atomic E-state index is 12.9. The van der Waals surface area contributed by atoms with Crippen molar-refractivity contribution in [1.82, 2.24) is 14.7 Å². The van der Waals surface area contributed by atoms with Gasteiger partial charge in [-0.2, -0.15) is 5.10 Å². The lowest BCUT2D eigenvalue weighted by molar-refractivity contribution is -0.130. The molecule has 1 aromatic carbocycles. The van der Waals surface area contributed by atoms with E-state index in [0.29, 0.717) is 19.5 Å². The van der Waals surface area contributed by atoms with Gasteiger partial charge in [-0.05, 0) is 37.4 Å². The van der Waals surface area contributed by atoms with Gasteiger partial charge in [0, 0.05) is 22.7 Å². The van der Waals surface area contributed by atoms with Gasteiger partial charge in [-0.3, -0.25) is 4.79 Å². The number of aromatic nitrogens is 2. The van der Waals surface area contributed by atoms with Crippen LogP contribution in [0.5, 0.6) is 0 Å². The zero-order valence-electron chi connectivity index (χ0n) is 15.2. The fourth-order valence-electron chi connectivity index (χ4n) is 3.02. The summed E-state index contributed by atoms with van der Waals surface area (Å²) in [5.41, 5.74) is 3.92. The molecule has 3 aromatic rings. The molecule has 0 bridgehead atoms. The highest BCUT2D eigenvalue weighted by molar-refractivity contribution is 7.09. The summed E-state index contributed by atoms with van der Waals surface area (Å²) in [6.45, 7) is 8.94. The van der Waals surface area contributed by atoms with Crippen molar-refractivity contribution in [1.29, 1.82) is 0 Å². The number of carbonyl (C=O) groups is 1. The van der Waals surface area contributed by atoms with Crippen molar-refractivity contribution < 1.29 is 4.79 Å². The third kappa shape index (κ3) is 3.94. The normalized spacial score (nSPS) is 10.7. The van der Waals surface area contributed by atoms with Crippen LogP contribution in [0.1, 0.15) is 21.8 Å². The van der Waals surface area contributed by atoms with E-state index in [-0.39, 0.29) is 5.91 Å². The number of para-hydroxylation sites is 1. The van der Waals surface area contributed by atoms with Crippen LogP contribution in [-0.4, -0.2) is 27.1 Å². The van der Waals surface area contributed by atoms with Crippen LogP contribution < -0.4 is 0 Å². The molecule has 0 spiro atoms. The average Bonchev–Trinajstić information content (AvgIpc) is 3.25. The van der Waals surface area contributed by atoms with Crippen molar-refractivity contribution in [3.05, 3.63) is 82.3 Å². The molecule has 0 saturated heterocycles. The highest BCUT2D eigenvalue weighted by Crippen LogP contribution is 2.20. The van der Waals surface area contributed by atoms with E-state index in [1.54, 1.807) is 17.4 Å². The summed E-state index contributed by atoms with van der Waals surface area (Å²) in [6, 6.07) is 14.1. The molecule has 0 fully saturated rings. The molecule has 0 aliphatic rings. The Morgan fingerprint density at radius 1 is 1.23 bits per heavy atom. The summed E-state index contributed by atoms with van der Waals surface area (Å²) in [7, 11) is 0. The SMILES string of the molecule is C=CCN(Cc1cccs1)C(=O)Cc1c(C)nn(-c2ccccc2)c1C. The van der Waals surface area contributed by atoms with Gasteiger partial charge in [0.1, 0.15) is 0 Å². The molecule has 0 saturated carbocycles. The Morgan fingerprint density at radius 3 is 2.65 bits per heavy atom. The number of nitrogens with zero attached hydrogens (tertiary/aromatic N) is 3. The monoisotopic (exact) mass is 365 g/mol. The van der Waals surface area contributed by atoms with E-state index in [2.05, 4.69) is 17.7 Å². The second-order valence-electron chi connectivity index (χ2n) is 6.22. The van der Waals surface area contributed by atoms with Gasteiger partial charge < -0.3 is 4.90 Å². The standard InChI is InChI=1S/C21H23N3OS/c1-4-12-23(15-19-11-8-13-26-19)21(25)14-20-16(2)22-24(17(20)3)18-9-6-5-7-10-18/h4-11,13H,1,12,14-15H2,2-3H3. The topological polar surface area (TPSA) is 38.1 Å². The van der Waals surface area contributed by atoms with Crippen molar-refractivity contribution in [2.75, 3.05) is 6.54 Å². The first-order chi connectivity index (χ1) is 12.6. The molecule has 5 heteroatoms. The molecule has 0 atom stereocenters. The lowest BCUT2D eigenvalue weighted by atomic mass is 10.1. The van der Waals surface area contributed by atoms with Crippen LogP contribution in [0.4, 0.5) is 0 Å². The highest BCUT2D eigenvalue weighted by atomic mass is 32.1. The van der Waals surface area contributed by atoms with Crippen molar-refractivity contribution >= 4 is 17.2 Å². The number of benzene rings is 1. The molecule has 0 aliphatic carbocycles. The Kier molecular flexibility index (Phi) is 5.68. The van der Waals surface area contributed by atoms with Crippen LogP contribution in [0.2, 0.25) is 0 Å². The second kappa shape index (κ2) is 8.15. The highest BCUT2D eigenvalue weighted by Gasteiger charge is 2.20. The van der Waals surface area contributed by atoms with Gasteiger partial charge in [0.15, 0.2) is 0 Å². The predicted molar refractivity (Wildman–Crippen MR) is 107 cm³/mol. The molecule has 0 N–H and O–H groups in total. The van der Waals surface area contributed by atoms with E-state index in [1.165, 1.54) is 4.88 Å². The number of carbonyl (C=O) groups excluding carboxylic acids is 1. The molecule has 26 heavy (non-hydrogen) atoms. The molecule has 0 radical (unpaired) electrons. The van der Waals surface area contributed by atoms with E-state index >= 15 is 0 Å². The number of hydrogen-bond acceptors (Lipinski definition) is 3. The smallest absolute Gasteiger partial charge is 0.227 e. The molecule has 4 nitrogen and oxygen atoms in total. The van der Waals surface area contributed by atoms with Gasteiger partial charge in [-0.25, -0.2) is 4.68 Å². The van der Waals surface area contributed by atoms with Gasteiger partial charge in [0.05, 0.1) is 24.3 Å². The minimum atomic E-state index is 0.0945. The van der Waals surface area contributed by atoms with Crippen LogP contribution >= 0.6 is 11.3 Å². The summed E-state index contributed by atoms with van der Waals surface area (Å²) >= 11 is 1.66. The average molecular weight is 366 g/mol. The summed E-state index contributed by atoms with van der Waals surface area (Å²) in [5.74, 6) is 0.0945. The number of thiophene rings is 1. The van der Waals surface area contributed by atoms with E-state index in [4.69, 9.17) is 0 Å². The lowest BCUT2D eigenvalue weighted by Gasteiger charge is -2.20. The Hall–Kier alpha value is -2.66. The van der Waals surface area contributed by atoms with E-state index in [0.717, 1.165) is 22.6 Å². The fraction of sp³-hybridized carbons (Fsp3) is 0.238. The molecule has 134 valence electrons. The number of amides is 1. The third-order valence-electron chi connectivity index (χ3n) is 4.40. The minimum Gasteiger partial charge on any atom is -0.334 e. The van der Waals surface area contributed by atoms with Crippen LogP contribution in [0.3, 0.4) is 0 Å². The molecule has 1 amide bonds. The predicted octanol–water partition coefficient (Wildman–Crippen LogP) is 4.31. The Labute approximate surface area is 158 Å². The van der Waals surface area contributed by atoms with Crippen molar-refractivity contribution in [3.8, 4) is 5.69 Å². The summed E-state index contributed by atoms with van der Waals surface area (Å²) in [5, 5.41) is 6.67. The molecule has 2 aromatic heterocycles. The second-order valence-corrected chi connectivity index (χ2v) is 7.25. The van der Waals surface area contributed by atoms with Gasteiger partial charge >= 0.3 is 0 Å². The Morgan fingerprint density at radius 2 is 2.00 bits per heavy atom. The van der Waals surface area contributed by atoms with E-state index in [9.17, 15) is 4.79 Å². The summed E-state index contributed by atoms with van der Waals surface area (Å²) < 4.78 is 1.91. The number of hydrogen-bond donors (Lipinski definition) is 0. The zero-order chi connectivity index (χ0) is 18.5. The quantitative estimate of drug-likeness (QED) is 0.585. The maximum Gasteiger partial charge on any atom is 0.227 e. The van der Waals surface area contributed by atoms with Gasteiger partial charge in [0.2, 0.25) is 5.91 Å². The molecule has 0 unspecified atom stereocenters. The first-order valence-corrected chi connectivity index (χ1v) is 9.49.